The maximum absolute atomic E-state index is 6.00. The van der Waals surface area contributed by atoms with E-state index in [2.05, 4.69) is 14.8 Å². The van der Waals surface area contributed by atoms with E-state index in [1.807, 2.05) is 12.3 Å². The molecule has 0 amide bonds. The van der Waals surface area contributed by atoms with Crippen LogP contribution in [0.15, 0.2) is 12.3 Å². The maximum atomic E-state index is 6.00. The molecule has 2 N–H and O–H groups in total. The van der Waals surface area contributed by atoms with Crippen LogP contribution in [-0.4, -0.2) is 67.1 Å². The highest BCUT2D eigenvalue weighted by Gasteiger charge is 2.38. The molecule has 2 aromatic heterocycles. The molecule has 1 atom stereocenters. The van der Waals surface area contributed by atoms with Crippen molar-refractivity contribution in [2.45, 2.75) is 31.2 Å². The maximum Gasteiger partial charge on any atom is 0.165 e. The van der Waals surface area contributed by atoms with E-state index >= 15 is 0 Å². The molecular formula is C21H26N6O2. The van der Waals surface area contributed by atoms with E-state index in [0.717, 1.165) is 75.5 Å². The molecule has 8 nitrogen and oxygen atoms in total. The van der Waals surface area contributed by atoms with Crippen molar-refractivity contribution in [2.75, 3.05) is 61.6 Å². The quantitative estimate of drug-likeness (QED) is 0.840. The largest absolute Gasteiger partial charge is 0.384 e. The molecule has 0 unspecified atom stereocenters. The molecule has 6 rings (SSSR count). The molecule has 3 fully saturated rings. The van der Waals surface area contributed by atoms with Crippen molar-refractivity contribution in [3.05, 3.63) is 23.4 Å². The first kappa shape index (κ1) is 17.4. The lowest BCUT2D eigenvalue weighted by Gasteiger charge is -2.31. The molecule has 0 bridgehead atoms. The predicted molar refractivity (Wildman–Crippen MR) is 110 cm³/mol. The van der Waals surface area contributed by atoms with Crippen LogP contribution in [0.25, 0.3) is 11.4 Å². The topological polar surface area (TPSA) is 89.6 Å². The van der Waals surface area contributed by atoms with E-state index in [4.69, 9.17) is 25.2 Å². The van der Waals surface area contributed by atoms with Gasteiger partial charge in [0.1, 0.15) is 17.5 Å². The van der Waals surface area contributed by atoms with E-state index in [0.29, 0.717) is 17.8 Å². The lowest BCUT2D eigenvalue weighted by molar-refractivity contribution is 0.0973. The molecule has 0 aromatic carbocycles. The summed E-state index contributed by atoms with van der Waals surface area (Å²) in [4.78, 5) is 19.3. The number of ether oxygens (including phenoxy) is 2. The third-order valence-corrected chi connectivity index (χ3v) is 6.43. The van der Waals surface area contributed by atoms with Gasteiger partial charge in [0.15, 0.2) is 5.82 Å². The van der Waals surface area contributed by atoms with Gasteiger partial charge in [-0.2, -0.15) is 0 Å². The summed E-state index contributed by atoms with van der Waals surface area (Å²) >= 11 is 0. The first-order chi connectivity index (χ1) is 14.3. The summed E-state index contributed by atoms with van der Waals surface area (Å²) in [5.41, 5.74) is 9.51. The van der Waals surface area contributed by atoms with E-state index < -0.39 is 0 Å². The number of hydrogen-bond acceptors (Lipinski definition) is 8. The van der Waals surface area contributed by atoms with E-state index in [9.17, 15) is 0 Å². The number of anilines is 3. The van der Waals surface area contributed by atoms with Crippen LogP contribution < -0.4 is 15.5 Å². The Morgan fingerprint density at radius 3 is 2.62 bits per heavy atom. The van der Waals surface area contributed by atoms with Crippen LogP contribution >= 0.6 is 0 Å². The zero-order valence-electron chi connectivity index (χ0n) is 16.5. The van der Waals surface area contributed by atoms with Gasteiger partial charge in [-0.3, -0.25) is 0 Å². The SMILES string of the molecule is Nc1cc(C2CC2)c(-c2nc(N3CCOCC3)c3c(n2)N2CCOC[C@H]2C3)cn1. The molecule has 4 aliphatic rings. The van der Waals surface area contributed by atoms with Crippen LogP contribution in [0.3, 0.4) is 0 Å². The van der Waals surface area contributed by atoms with E-state index in [1.165, 1.54) is 24.0 Å². The van der Waals surface area contributed by atoms with E-state index in [1.54, 1.807) is 0 Å². The van der Waals surface area contributed by atoms with Crippen molar-refractivity contribution in [2.24, 2.45) is 0 Å². The molecule has 8 heteroatoms. The van der Waals surface area contributed by atoms with Gasteiger partial charge in [0, 0.05) is 43.4 Å². The Bertz CT molecular complexity index is 941. The minimum absolute atomic E-state index is 0.357. The fourth-order valence-electron chi connectivity index (χ4n) is 4.78. The second kappa shape index (κ2) is 6.81. The highest BCUT2D eigenvalue weighted by molar-refractivity contribution is 5.72. The molecule has 1 aliphatic carbocycles. The molecule has 3 aliphatic heterocycles. The summed E-state index contributed by atoms with van der Waals surface area (Å²) in [5, 5.41) is 0. The average molecular weight is 394 g/mol. The fourth-order valence-corrected chi connectivity index (χ4v) is 4.78. The Morgan fingerprint density at radius 2 is 1.79 bits per heavy atom. The van der Waals surface area contributed by atoms with Crippen molar-refractivity contribution in [3.63, 3.8) is 0 Å². The summed E-state index contributed by atoms with van der Waals surface area (Å²) in [6.07, 6.45) is 5.20. The highest BCUT2D eigenvalue weighted by atomic mass is 16.5. The van der Waals surface area contributed by atoms with Crippen molar-refractivity contribution in [3.8, 4) is 11.4 Å². The molecule has 5 heterocycles. The second-order valence-corrected chi connectivity index (χ2v) is 8.37. The lowest BCUT2D eigenvalue weighted by atomic mass is 10.0. The zero-order chi connectivity index (χ0) is 19.4. The molecule has 2 aromatic rings. The van der Waals surface area contributed by atoms with Gasteiger partial charge < -0.3 is 25.0 Å². The molecule has 0 spiro atoms. The van der Waals surface area contributed by atoms with Crippen LogP contribution in [0.4, 0.5) is 17.5 Å². The average Bonchev–Trinajstić information content (AvgIpc) is 3.54. The minimum atomic E-state index is 0.357. The van der Waals surface area contributed by atoms with Gasteiger partial charge in [0.25, 0.3) is 0 Å². The normalized spacial score (nSPS) is 23.8. The van der Waals surface area contributed by atoms with Gasteiger partial charge in [0.2, 0.25) is 0 Å². The van der Waals surface area contributed by atoms with Gasteiger partial charge in [0.05, 0.1) is 32.5 Å². The summed E-state index contributed by atoms with van der Waals surface area (Å²) < 4.78 is 11.3. The first-order valence-corrected chi connectivity index (χ1v) is 10.6. The number of nitrogen functional groups attached to an aromatic ring is 1. The number of hydrogen-bond donors (Lipinski definition) is 1. The van der Waals surface area contributed by atoms with E-state index in [-0.39, 0.29) is 0 Å². The number of nitrogens with two attached hydrogens (primary N) is 1. The van der Waals surface area contributed by atoms with Crippen LogP contribution in [0.5, 0.6) is 0 Å². The van der Waals surface area contributed by atoms with Crippen LogP contribution in [0, 0.1) is 0 Å². The Kier molecular flexibility index (Phi) is 4.09. The van der Waals surface area contributed by atoms with Crippen LogP contribution in [-0.2, 0) is 15.9 Å². The van der Waals surface area contributed by atoms with Gasteiger partial charge in [-0.05, 0) is 30.4 Å². The third-order valence-electron chi connectivity index (χ3n) is 6.43. The second-order valence-electron chi connectivity index (χ2n) is 8.37. The molecule has 29 heavy (non-hydrogen) atoms. The number of fused-ring (bicyclic) bond motifs is 3. The van der Waals surface area contributed by atoms with Crippen molar-refractivity contribution < 1.29 is 9.47 Å². The van der Waals surface area contributed by atoms with Gasteiger partial charge in [-0.1, -0.05) is 0 Å². The summed E-state index contributed by atoms with van der Waals surface area (Å²) in [5.74, 6) is 4.02. The number of nitrogens with zero attached hydrogens (tertiary/aromatic N) is 5. The molecule has 2 saturated heterocycles. The van der Waals surface area contributed by atoms with Crippen molar-refractivity contribution in [1.82, 2.24) is 15.0 Å². The number of pyridine rings is 1. The van der Waals surface area contributed by atoms with Crippen molar-refractivity contribution >= 4 is 17.5 Å². The number of rotatable bonds is 3. The van der Waals surface area contributed by atoms with Crippen molar-refractivity contribution in [1.29, 1.82) is 0 Å². The predicted octanol–water partition coefficient (Wildman–Crippen LogP) is 1.60. The smallest absolute Gasteiger partial charge is 0.165 e. The molecule has 152 valence electrons. The van der Waals surface area contributed by atoms with Gasteiger partial charge in [-0.25, -0.2) is 15.0 Å². The Morgan fingerprint density at radius 1 is 1.00 bits per heavy atom. The molecule has 0 radical (unpaired) electrons. The first-order valence-electron chi connectivity index (χ1n) is 10.6. The third kappa shape index (κ3) is 3.02. The zero-order valence-corrected chi connectivity index (χ0v) is 16.5. The lowest BCUT2D eigenvalue weighted by Crippen LogP contribution is -2.43. The summed E-state index contributed by atoms with van der Waals surface area (Å²) in [7, 11) is 0. The Balaban J connectivity index is 1.50. The monoisotopic (exact) mass is 394 g/mol. The standard InChI is InChI=1S/C21H26N6O2/c22-18-10-15(13-1-2-13)17(11-23-18)19-24-20(26-3-6-28-7-4-26)16-9-14-12-29-8-5-27(14)21(16)25-19/h10-11,13-14H,1-9,12H2,(H2,22,23)/t14-/m1/s1. The van der Waals surface area contributed by atoms with Gasteiger partial charge >= 0.3 is 0 Å². The number of morpholine rings is 2. The molecular weight excluding hydrogens is 368 g/mol. The Labute approximate surface area is 170 Å². The summed E-state index contributed by atoms with van der Waals surface area (Å²) in [6.45, 7) is 5.58. The van der Waals surface area contributed by atoms with Gasteiger partial charge in [-0.15, -0.1) is 0 Å². The van der Waals surface area contributed by atoms with Crippen LogP contribution in [0.2, 0.25) is 0 Å². The summed E-state index contributed by atoms with van der Waals surface area (Å²) in [6, 6.07) is 2.37. The fraction of sp³-hybridized carbons (Fsp3) is 0.571. The highest BCUT2D eigenvalue weighted by Crippen LogP contribution is 2.45. The van der Waals surface area contributed by atoms with Crippen LogP contribution in [0.1, 0.15) is 29.9 Å². The minimum Gasteiger partial charge on any atom is -0.384 e. The molecule has 1 saturated carbocycles. The Hall–Kier alpha value is -2.45. The number of aromatic nitrogens is 3.